The summed E-state index contributed by atoms with van der Waals surface area (Å²) < 4.78 is 40.6. The summed E-state index contributed by atoms with van der Waals surface area (Å²) in [4.78, 5) is 12.6. The van der Waals surface area contributed by atoms with Crippen LogP contribution in [0.1, 0.15) is 16.7 Å². The molecule has 4 aromatic rings. The molecular formula is C21H15ClF3N3O. The van der Waals surface area contributed by atoms with Gasteiger partial charge >= 0.3 is 11.9 Å². The molecule has 4 nitrogen and oxygen atoms in total. The molecule has 0 aliphatic carbocycles. The number of hydrogen-bond acceptors (Lipinski definition) is 2. The number of nitrogens with zero attached hydrogens (tertiary/aromatic N) is 3. The van der Waals surface area contributed by atoms with Crippen molar-refractivity contribution in [3.05, 3.63) is 93.0 Å². The van der Waals surface area contributed by atoms with Crippen LogP contribution in [0.2, 0.25) is 5.02 Å². The predicted molar refractivity (Wildman–Crippen MR) is 105 cm³/mol. The normalized spacial score (nSPS) is 11.9. The number of rotatable bonds is 3. The van der Waals surface area contributed by atoms with Crippen molar-refractivity contribution in [2.45, 2.75) is 19.6 Å². The fraction of sp³-hybridized carbons (Fsp3) is 0.143. The minimum absolute atomic E-state index is 0.0366. The van der Waals surface area contributed by atoms with Crippen LogP contribution in [0.25, 0.3) is 16.8 Å². The van der Waals surface area contributed by atoms with Gasteiger partial charge in [-0.2, -0.15) is 13.2 Å². The molecule has 2 aromatic carbocycles. The maximum Gasteiger partial charge on any atom is 0.416 e. The average molecular weight is 418 g/mol. The van der Waals surface area contributed by atoms with Gasteiger partial charge in [-0.15, -0.1) is 5.10 Å². The van der Waals surface area contributed by atoms with Crippen LogP contribution in [0.3, 0.4) is 0 Å². The topological polar surface area (TPSA) is 39.3 Å². The zero-order chi connectivity index (χ0) is 20.8. The Morgan fingerprint density at radius 3 is 2.28 bits per heavy atom. The standard InChI is InChI=1S/C21H15ClF3N3O/c1-13-2-6-15(7-3-13)17-10-11-27-19(18(17)22)26-28(20(27)29)12-14-4-8-16(9-5-14)21(23,24)25/h2-11H,12H2,1H3. The molecule has 29 heavy (non-hydrogen) atoms. The summed E-state index contributed by atoms with van der Waals surface area (Å²) in [6.07, 6.45) is -2.81. The quantitative estimate of drug-likeness (QED) is 0.460. The molecule has 0 saturated carbocycles. The molecule has 2 aromatic heterocycles. The van der Waals surface area contributed by atoms with Crippen LogP contribution >= 0.6 is 11.6 Å². The average Bonchev–Trinajstić information content (AvgIpc) is 2.99. The van der Waals surface area contributed by atoms with E-state index in [0.29, 0.717) is 16.2 Å². The largest absolute Gasteiger partial charge is 0.416 e. The van der Waals surface area contributed by atoms with Crippen LogP contribution in [0, 0.1) is 6.92 Å². The number of pyridine rings is 1. The lowest BCUT2D eigenvalue weighted by atomic mass is 10.1. The van der Waals surface area contributed by atoms with E-state index in [0.717, 1.165) is 28.8 Å². The van der Waals surface area contributed by atoms with Gasteiger partial charge in [-0.25, -0.2) is 13.9 Å². The molecule has 0 atom stereocenters. The van der Waals surface area contributed by atoms with Crippen molar-refractivity contribution in [1.29, 1.82) is 0 Å². The number of benzene rings is 2. The Morgan fingerprint density at radius 2 is 1.66 bits per heavy atom. The Hall–Kier alpha value is -3.06. The van der Waals surface area contributed by atoms with Crippen LogP contribution < -0.4 is 5.69 Å². The van der Waals surface area contributed by atoms with Gasteiger partial charge in [0, 0.05) is 11.8 Å². The summed E-state index contributed by atoms with van der Waals surface area (Å²) in [6, 6.07) is 14.2. The van der Waals surface area contributed by atoms with E-state index in [1.165, 1.54) is 21.2 Å². The van der Waals surface area contributed by atoms with Gasteiger partial charge < -0.3 is 0 Å². The van der Waals surface area contributed by atoms with Gasteiger partial charge in [0.05, 0.1) is 17.1 Å². The predicted octanol–water partition coefficient (Wildman–Crippen LogP) is 5.19. The maximum atomic E-state index is 12.7. The number of halogens is 4. The minimum Gasteiger partial charge on any atom is -0.249 e. The van der Waals surface area contributed by atoms with E-state index in [-0.39, 0.29) is 6.54 Å². The van der Waals surface area contributed by atoms with E-state index in [2.05, 4.69) is 5.10 Å². The number of alkyl halides is 3. The van der Waals surface area contributed by atoms with Crippen molar-refractivity contribution in [2.24, 2.45) is 0 Å². The summed E-state index contributed by atoms with van der Waals surface area (Å²) in [5.74, 6) is 0. The lowest BCUT2D eigenvalue weighted by Crippen LogP contribution is -2.21. The second kappa shape index (κ2) is 7.08. The van der Waals surface area contributed by atoms with Gasteiger partial charge in [-0.05, 0) is 36.2 Å². The number of fused-ring (bicyclic) bond motifs is 1. The fourth-order valence-corrected chi connectivity index (χ4v) is 3.38. The molecule has 0 spiro atoms. The van der Waals surface area contributed by atoms with Crippen molar-refractivity contribution in [3.63, 3.8) is 0 Å². The van der Waals surface area contributed by atoms with Gasteiger partial charge in [0.1, 0.15) is 0 Å². The monoisotopic (exact) mass is 417 g/mol. The first-order valence-corrected chi connectivity index (χ1v) is 9.13. The molecular weight excluding hydrogens is 403 g/mol. The highest BCUT2D eigenvalue weighted by Crippen LogP contribution is 2.31. The Morgan fingerprint density at radius 1 is 1.00 bits per heavy atom. The van der Waals surface area contributed by atoms with Crippen LogP contribution in [0.5, 0.6) is 0 Å². The fourth-order valence-electron chi connectivity index (χ4n) is 3.08. The lowest BCUT2D eigenvalue weighted by molar-refractivity contribution is -0.137. The first-order valence-electron chi connectivity index (χ1n) is 8.75. The second-order valence-electron chi connectivity index (χ2n) is 6.74. The summed E-state index contributed by atoms with van der Waals surface area (Å²) in [5, 5.41) is 4.63. The smallest absolute Gasteiger partial charge is 0.249 e. The number of hydrogen-bond donors (Lipinski definition) is 0. The minimum atomic E-state index is -4.40. The maximum absolute atomic E-state index is 12.7. The molecule has 0 fully saturated rings. The highest BCUT2D eigenvalue weighted by molar-refractivity contribution is 6.36. The third kappa shape index (κ3) is 3.65. The Bertz CT molecular complexity index is 1240. The van der Waals surface area contributed by atoms with Crippen LogP contribution in [-0.4, -0.2) is 14.2 Å². The number of aryl methyl sites for hydroxylation is 1. The van der Waals surface area contributed by atoms with E-state index >= 15 is 0 Å². The molecule has 8 heteroatoms. The molecule has 0 aliphatic rings. The Balaban J connectivity index is 1.71. The van der Waals surface area contributed by atoms with Crippen LogP contribution in [0.15, 0.2) is 65.6 Å². The third-order valence-electron chi connectivity index (χ3n) is 4.67. The molecule has 2 heterocycles. The van der Waals surface area contributed by atoms with Crippen molar-refractivity contribution in [1.82, 2.24) is 14.2 Å². The molecule has 0 saturated heterocycles. The molecule has 148 valence electrons. The summed E-state index contributed by atoms with van der Waals surface area (Å²) in [5.41, 5.74) is 2.41. The van der Waals surface area contributed by atoms with E-state index in [1.54, 1.807) is 12.3 Å². The van der Waals surface area contributed by atoms with E-state index in [9.17, 15) is 18.0 Å². The summed E-state index contributed by atoms with van der Waals surface area (Å²) in [6.45, 7) is 2.02. The summed E-state index contributed by atoms with van der Waals surface area (Å²) in [7, 11) is 0. The van der Waals surface area contributed by atoms with Gasteiger partial charge in [-0.1, -0.05) is 53.6 Å². The van der Waals surface area contributed by atoms with Gasteiger partial charge in [0.15, 0.2) is 5.65 Å². The van der Waals surface area contributed by atoms with E-state index < -0.39 is 17.4 Å². The third-order valence-corrected chi connectivity index (χ3v) is 5.04. The Kier molecular flexibility index (Phi) is 4.70. The molecule has 0 radical (unpaired) electrons. The van der Waals surface area contributed by atoms with Gasteiger partial charge in [0.2, 0.25) is 0 Å². The van der Waals surface area contributed by atoms with Gasteiger partial charge in [-0.3, -0.25) is 0 Å². The highest BCUT2D eigenvalue weighted by Gasteiger charge is 2.30. The zero-order valence-electron chi connectivity index (χ0n) is 15.2. The van der Waals surface area contributed by atoms with Gasteiger partial charge in [0.25, 0.3) is 0 Å². The Labute approximate surface area is 168 Å². The van der Waals surface area contributed by atoms with Crippen molar-refractivity contribution in [2.75, 3.05) is 0 Å². The summed E-state index contributed by atoms with van der Waals surface area (Å²) >= 11 is 6.51. The number of aromatic nitrogens is 3. The lowest BCUT2D eigenvalue weighted by Gasteiger charge is -2.07. The van der Waals surface area contributed by atoms with Crippen molar-refractivity contribution < 1.29 is 13.2 Å². The molecule has 0 bridgehead atoms. The SMILES string of the molecule is Cc1ccc(-c2ccn3c(=O)n(Cc4ccc(C(F)(F)F)cc4)nc3c2Cl)cc1. The zero-order valence-corrected chi connectivity index (χ0v) is 16.0. The first kappa shape index (κ1) is 19.3. The highest BCUT2D eigenvalue weighted by atomic mass is 35.5. The molecule has 0 N–H and O–H groups in total. The molecule has 0 unspecified atom stereocenters. The van der Waals surface area contributed by atoms with Crippen LogP contribution in [0.4, 0.5) is 13.2 Å². The molecule has 4 rings (SSSR count). The first-order chi connectivity index (χ1) is 13.7. The molecule has 0 aliphatic heterocycles. The van der Waals surface area contributed by atoms with E-state index in [1.807, 2.05) is 31.2 Å². The molecule has 0 amide bonds. The van der Waals surface area contributed by atoms with E-state index in [4.69, 9.17) is 11.6 Å². The van der Waals surface area contributed by atoms with Crippen molar-refractivity contribution in [3.8, 4) is 11.1 Å². The van der Waals surface area contributed by atoms with Crippen LogP contribution in [-0.2, 0) is 12.7 Å². The van der Waals surface area contributed by atoms with Crippen molar-refractivity contribution >= 4 is 17.2 Å². The second-order valence-corrected chi connectivity index (χ2v) is 7.12.